The highest BCUT2D eigenvalue weighted by atomic mass is 16.5. The van der Waals surface area contributed by atoms with Crippen LogP contribution >= 0.6 is 0 Å². The van der Waals surface area contributed by atoms with Gasteiger partial charge in [0.05, 0.1) is 33.3 Å². The molecular weight excluding hydrogens is 360 g/mol. The lowest BCUT2D eigenvalue weighted by molar-refractivity contribution is -0.143. The standard InChI is InChI=1S/C21H26N2O5/c1-26-17-11-16(12-18(27-2)20(17)28-3)19(14-6-8-22-9-7-14)23-10-4-5-15(13-23)21(24)25/h6-9,11-12,15,19H,4-5,10,13H2,1-3H3,(H,24,25). The van der Waals surface area contributed by atoms with Crippen LogP contribution in [0.4, 0.5) is 0 Å². The van der Waals surface area contributed by atoms with E-state index in [1.54, 1.807) is 33.7 Å². The predicted molar refractivity (Wildman–Crippen MR) is 104 cm³/mol. The molecule has 2 atom stereocenters. The van der Waals surface area contributed by atoms with E-state index in [1.165, 1.54) is 0 Å². The molecule has 1 aromatic heterocycles. The molecule has 0 saturated carbocycles. The van der Waals surface area contributed by atoms with Gasteiger partial charge in [0.15, 0.2) is 11.5 Å². The van der Waals surface area contributed by atoms with Gasteiger partial charge in [-0.3, -0.25) is 14.7 Å². The summed E-state index contributed by atoms with van der Waals surface area (Å²) in [5.41, 5.74) is 1.99. The Morgan fingerprint density at radius 1 is 1.11 bits per heavy atom. The molecule has 1 aliphatic heterocycles. The van der Waals surface area contributed by atoms with E-state index in [0.29, 0.717) is 30.2 Å². The van der Waals surface area contributed by atoms with Gasteiger partial charge in [0.1, 0.15) is 0 Å². The number of benzene rings is 1. The number of pyridine rings is 1. The lowest BCUT2D eigenvalue weighted by Gasteiger charge is -2.37. The molecule has 2 aromatic rings. The fourth-order valence-electron chi connectivity index (χ4n) is 3.86. The smallest absolute Gasteiger partial charge is 0.307 e. The maximum atomic E-state index is 11.6. The van der Waals surface area contributed by atoms with Crippen molar-refractivity contribution in [3.63, 3.8) is 0 Å². The summed E-state index contributed by atoms with van der Waals surface area (Å²) < 4.78 is 16.5. The summed E-state index contributed by atoms with van der Waals surface area (Å²) in [6, 6.07) is 7.63. The van der Waals surface area contributed by atoms with Crippen LogP contribution in [0.15, 0.2) is 36.7 Å². The van der Waals surface area contributed by atoms with E-state index >= 15 is 0 Å². The first kappa shape index (κ1) is 19.9. The van der Waals surface area contributed by atoms with Crippen molar-refractivity contribution in [1.82, 2.24) is 9.88 Å². The van der Waals surface area contributed by atoms with Crippen LogP contribution in [-0.4, -0.2) is 55.4 Å². The van der Waals surface area contributed by atoms with Gasteiger partial charge in [-0.05, 0) is 54.8 Å². The van der Waals surface area contributed by atoms with Crippen LogP contribution in [-0.2, 0) is 4.79 Å². The molecule has 1 N–H and O–H groups in total. The van der Waals surface area contributed by atoms with Crippen molar-refractivity contribution in [2.45, 2.75) is 18.9 Å². The molecule has 2 unspecified atom stereocenters. The van der Waals surface area contributed by atoms with Crippen LogP contribution in [0, 0.1) is 5.92 Å². The summed E-state index contributed by atoms with van der Waals surface area (Å²) in [7, 11) is 4.75. The van der Waals surface area contributed by atoms with Crippen LogP contribution < -0.4 is 14.2 Å². The Morgan fingerprint density at radius 2 is 1.75 bits per heavy atom. The highest BCUT2D eigenvalue weighted by Gasteiger charge is 2.32. The number of rotatable bonds is 7. The van der Waals surface area contributed by atoms with Gasteiger partial charge in [-0.25, -0.2) is 0 Å². The Balaban J connectivity index is 2.09. The van der Waals surface area contributed by atoms with Gasteiger partial charge >= 0.3 is 5.97 Å². The molecule has 1 fully saturated rings. The lowest BCUT2D eigenvalue weighted by atomic mass is 9.91. The van der Waals surface area contributed by atoms with E-state index in [9.17, 15) is 9.90 Å². The van der Waals surface area contributed by atoms with Gasteiger partial charge in [0, 0.05) is 18.9 Å². The van der Waals surface area contributed by atoms with Gasteiger partial charge in [0.2, 0.25) is 5.75 Å². The zero-order chi connectivity index (χ0) is 20.1. The topological polar surface area (TPSA) is 81.1 Å². The quantitative estimate of drug-likeness (QED) is 0.783. The maximum absolute atomic E-state index is 11.6. The fourth-order valence-corrected chi connectivity index (χ4v) is 3.86. The summed E-state index contributed by atoms with van der Waals surface area (Å²) in [6.45, 7) is 1.30. The van der Waals surface area contributed by atoms with Crippen LogP contribution in [0.5, 0.6) is 17.2 Å². The summed E-state index contributed by atoms with van der Waals surface area (Å²) in [4.78, 5) is 17.9. The highest BCUT2D eigenvalue weighted by Crippen LogP contribution is 2.42. The van der Waals surface area contributed by atoms with Crippen molar-refractivity contribution in [3.8, 4) is 17.2 Å². The van der Waals surface area contributed by atoms with Gasteiger partial charge in [-0.1, -0.05) is 0 Å². The Morgan fingerprint density at radius 3 is 2.29 bits per heavy atom. The monoisotopic (exact) mass is 386 g/mol. The fraction of sp³-hybridized carbons (Fsp3) is 0.429. The number of ether oxygens (including phenoxy) is 3. The second-order valence-electron chi connectivity index (χ2n) is 6.81. The van der Waals surface area contributed by atoms with Crippen molar-refractivity contribution in [3.05, 3.63) is 47.8 Å². The normalized spacial score (nSPS) is 18.3. The van der Waals surface area contributed by atoms with Gasteiger partial charge in [-0.15, -0.1) is 0 Å². The molecule has 1 aliphatic rings. The molecule has 0 spiro atoms. The van der Waals surface area contributed by atoms with Crippen molar-refractivity contribution >= 4 is 5.97 Å². The minimum Gasteiger partial charge on any atom is -0.493 e. The second-order valence-corrected chi connectivity index (χ2v) is 6.81. The molecule has 1 saturated heterocycles. The van der Waals surface area contributed by atoms with E-state index < -0.39 is 5.97 Å². The van der Waals surface area contributed by atoms with Gasteiger partial charge < -0.3 is 19.3 Å². The summed E-state index contributed by atoms with van der Waals surface area (Å²) in [5, 5.41) is 9.52. The molecule has 3 rings (SSSR count). The molecule has 1 aromatic carbocycles. The second kappa shape index (κ2) is 8.93. The number of aliphatic carboxylic acids is 1. The first-order valence-electron chi connectivity index (χ1n) is 9.25. The number of hydrogen-bond acceptors (Lipinski definition) is 6. The van der Waals surface area contributed by atoms with Gasteiger partial charge in [-0.2, -0.15) is 0 Å². The average molecular weight is 386 g/mol. The Hall–Kier alpha value is -2.80. The number of piperidine rings is 1. The van der Waals surface area contributed by atoms with E-state index in [1.807, 2.05) is 24.3 Å². The first-order chi connectivity index (χ1) is 13.6. The molecule has 28 heavy (non-hydrogen) atoms. The third-order valence-electron chi connectivity index (χ3n) is 5.19. The molecule has 7 nitrogen and oxygen atoms in total. The Labute approximate surface area is 164 Å². The number of carbonyl (C=O) groups is 1. The molecule has 0 radical (unpaired) electrons. The average Bonchev–Trinajstić information content (AvgIpc) is 2.74. The van der Waals surface area contributed by atoms with E-state index in [4.69, 9.17) is 14.2 Å². The minimum atomic E-state index is -0.747. The molecular formula is C21H26N2O5. The third-order valence-corrected chi connectivity index (χ3v) is 5.19. The summed E-state index contributed by atoms with van der Waals surface area (Å²) in [5.74, 6) is 0.554. The van der Waals surface area contributed by atoms with E-state index in [-0.39, 0.29) is 12.0 Å². The number of hydrogen-bond donors (Lipinski definition) is 1. The van der Waals surface area contributed by atoms with E-state index in [2.05, 4.69) is 9.88 Å². The van der Waals surface area contributed by atoms with E-state index in [0.717, 1.165) is 24.1 Å². The predicted octanol–water partition coefficient (Wildman–Crippen LogP) is 2.99. The first-order valence-corrected chi connectivity index (χ1v) is 9.25. The number of carboxylic acids is 1. The van der Waals surface area contributed by atoms with Crippen LogP contribution in [0.3, 0.4) is 0 Å². The minimum absolute atomic E-state index is 0.140. The van der Waals surface area contributed by atoms with Gasteiger partial charge in [0.25, 0.3) is 0 Å². The zero-order valence-corrected chi connectivity index (χ0v) is 16.4. The van der Waals surface area contributed by atoms with Crippen molar-refractivity contribution in [2.75, 3.05) is 34.4 Å². The number of methoxy groups -OCH3 is 3. The van der Waals surface area contributed by atoms with Crippen molar-refractivity contribution < 1.29 is 24.1 Å². The lowest BCUT2D eigenvalue weighted by Crippen LogP contribution is -2.41. The molecule has 0 aliphatic carbocycles. The van der Waals surface area contributed by atoms with Crippen LogP contribution in [0.2, 0.25) is 0 Å². The molecule has 7 heteroatoms. The number of likely N-dealkylation sites (tertiary alicyclic amines) is 1. The van der Waals surface area contributed by atoms with Crippen molar-refractivity contribution in [1.29, 1.82) is 0 Å². The third kappa shape index (κ3) is 4.04. The molecule has 150 valence electrons. The maximum Gasteiger partial charge on any atom is 0.307 e. The summed E-state index contributed by atoms with van der Waals surface area (Å²) in [6.07, 6.45) is 5.03. The van der Waals surface area contributed by atoms with Crippen LogP contribution in [0.1, 0.15) is 30.0 Å². The zero-order valence-electron chi connectivity index (χ0n) is 16.4. The SMILES string of the molecule is COc1cc(C(c2ccncc2)N2CCCC(C(=O)O)C2)cc(OC)c1OC. The Kier molecular flexibility index (Phi) is 6.36. The van der Waals surface area contributed by atoms with Crippen molar-refractivity contribution in [2.24, 2.45) is 5.92 Å². The molecule has 2 heterocycles. The molecule has 0 amide bonds. The molecule has 0 bridgehead atoms. The van der Waals surface area contributed by atoms with Crippen LogP contribution in [0.25, 0.3) is 0 Å². The summed E-state index contributed by atoms with van der Waals surface area (Å²) >= 11 is 0. The number of aromatic nitrogens is 1. The largest absolute Gasteiger partial charge is 0.493 e. The Bertz CT molecular complexity index is 787. The number of nitrogens with zero attached hydrogens (tertiary/aromatic N) is 2. The highest BCUT2D eigenvalue weighted by molar-refractivity contribution is 5.70. The number of carboxylic acid groups (broad SMARTS) is 1.